The van der Waals surface area contributed by atoms with Crippen molar-refractivity contribution in [3.05, 3.63) is 35.4 Å². The lowest BCUT2D eigenvalue weighted by atomic mass is 10.0. The molecule has 30 heavy (non-hydrogen) atoms. The lowest BCUT2D eigenvalue weighted by molar-refractivity contribution is -0.117. The number of aromatic nitrogens is 5. The van der Waals surface area contributed by atoms with Crippen LogP contribution in [-0.2, 0) is 4.79 Å². The van der Waals surface area contributed by atoms with Crippen LogP contribution in [0.3, 0.4) is 0 Å². The van der Waals surface area contributed by atoms with Crippen molar-refractivity contribution in [2.45, 2.75) is 12.6 Å². The van der Waals surface area contributed by atoms with Crippen molar-refractivity contribution in [3.8, 4) is 11.3 Å². The molecule has 0 bridgehead atoms. The number of carbonyl (C=O) groups is 1. The van der Waals surface area contributed by atoms with Crippen LogP contribution in [0.5, 0.6) is 0 Å². The lowest BCUT2D eigenvalue weighted by Gasteiger charge is -2.17. The second-order valence-electron chi connectivity index (χ2n) is 7.40. The van der Waals surface area contributed by atoms with Crippen LogP contribution < -0.4 is 10.2 Å². The van der Waals surface area contributed by atoms with Crippen LogP contribution in [0.15, 0.2) is 24.5 Å². The first-order chi connectivity index (χ1) is 14.3. The van der Waals surface area contributed by atoms with E-state index in [-0.39, 0.29) is 17.3 Å². The third-order valence-electron chi connectivity index (χ3n) is 5.09. The van der Waals surface area contributed by atoms with E-state index in [9.17, 15) is 9.18 Å². The number of alkyl halides is 1. The highest BCUT2D eigenvalue weighted by Crippen LogP contribution is 2.41. The van der Waals surface area contributed by atoms with Gasteiger partial charge < -0.3 is 10.2 Å². The number of nitrogens with zero attached hydrogens (tertiary/aromatic N) is 5. The van der Waals surface area contributed by atoms with Crippen LogP contribution in [0, 0.1) is 11.7 Å². The minimum Gasteiger partial charge on any atom is -0.373 e. The topological polar surface area (TPSA) is 91.2 Å². The van der Waals surface area contributed by atoms with Gasteiger partial charge in [-0.1, -0.05) is 11.6 Å². The summed E-state index contributed by atoms with van der Waals surface area (Å²) >= 11 is 6.39. The molecule has 4 aromatic rings. The number of anilines is 2. The van der Waals surface area contributed by atoms with Gasteiger partial charge in [-0.3, -0.25) is 9.89 Å². The number of hydrogen-bond acceptors (Lipinski definition) is 5. The fraction of sp³-hybridized carbons (Fsp3) is 0.263. The molecule has 3 aromatic heterocycles. The van der Waals surface area contributed by atoms with Crippen molar-refractivity contribution in [3.63, 3.8) is 0 Å². The molecule has 154 valence electrons. The Morgan fingerprint density at radius 2 is 2.17 bits per heavy atom. The van der Waals surface area contributed by atoms with Gasteiger partial charge in [-0.15, -0.1) is 0 Å². The molecule has 0 aliphatic heterocycles. The standard InChI is InChI=1S/C19H16ClF2N7O/c1-28(2)18-16(22)15(20)14(9-6-23-26-17(9)18)11-3-4-13-24-12(7-29(13)27-11)25-19(30)8-5-10(8)21/h3-4,6-8,10H,5H2,1-2H3,(H,23,26)(H,25,30). The predicted octanol–water partition coefficient (Wildman–Crippen LogP) is 3.43. The minimum absolute atomic E-state index is 0.0733. The van der Waals surface area contributed by atoms with E-state index < -0.39 is 23.8 Å². The fourth-order valence-electron chi connectivity index (χ4n) is 3.50. The molecule has 11 heteroatoms. The Kier molecular flexibility index (Phi) is 4.14. The molecule has 1 aliphatic rings. The van der Waals surface area contributed by atoms with E-state index in [0.717, 1.165) is 0 Å². The maximum absolute atomic E-state index is 15.0. The number of rotatable bonds is 4. The normalized spacial score (nSPS) is 18.2. The summed E-state index contributed by atoms with van der Waals surface area (Å²) in [7, 11) is 3.43. The molecule has 3 heterocycles. The van der Waals surface area contributed by atoms with Crippen LogP contribution >= 0.6 is 11.6 Å². The molecule has 0 radical (unpaired) electrons. The summed E-state index contributed by atoms with van der Waals surface area (Å²) in [6.07, 6.45) is 2.22. The van der Waals surface area contributed by atoms with E-state index >= 15 is 4.39 Å². The molecular formula is C19H16ClF2N7O. The van der Waals surface area contributed by atoms with Crippen LogP contribution in [0.2, 0.25) is 5.02 Å². The second-order valence-corrected chi connectivity index (χ2v) is 7.78. The molecule has 8 nitrogen and oxygen atoms in total. The largest absolute Gasteiger partial charge is 0.373 e. The molecule has 2 unspecified atom stereocenters. The van der Waals surface area contributed by atoms with Gasteiger partial charge in [0.25, 0.3) is 0 Å². The third kappa shape index (κ3) is 2.86. The minimum atomic E-state index is -1.09. The first-order valence-corrected chi connectivity index (χ1v) is 9.56. The molecule has 1 fully saturated rings. The number of amides is 1. The fourth-order valence-corrected chi connectivity index (χ4v) is 3.79. The summed E-state index contributed by atoms with van der Waals surface area (Å²) in [6.45, 7) is 0. The van der Waals surface area contributed by atoms with E-state index in [1.165, 1.54) is 10.7 Å². The molecule has 1 amide bonds. The monoisotopic (exact) mass is 431 g/mol. The van der Waals surface area contributed by atoms with E-state index in [1.807, 2.05) is 0 Å². The van der Waals surface area contributed by atoms with Crippen molar-refractivity contribution in [2.75, 3.05) is 24.3 Å². The average Bonchev–Trinajstić information content (AvgIpc) is 3.08. The molecule has 1 saturated carbocycles. The molecular weight excluding hydrogens is 416 g/mol. The first kappa shape index (κ1) is 18.7. The summed E-state index contributed by atoms with van der Waals surface area (Å²) in [6, 6.07) is 3.34. The van der Waals surface area contributed by atoms with E-state index in [1.54, 1.807) is 37.3 Å². The van der Waals surface area contributed by atoms with Crippen molar-refractivity contribution in [2.24, 2.45) is 5.92 Å². The number of fused-ring (bicyclic) bond motifs is 2. The first-order valence-electron chi connectivity index (χ1n) is 9.18. The summed E-state index contributed by atoms with van der Waals surface area (Å²) in [4.78, 5) is 17.8. The maximum atomic E-state index is 15.0. The Morgan fingerprint density at radius 3 is 2.87 bits per heavy atom. The highest BCUT2D eigenvalue weighted by Gasteiger charge is 2.43. The highest BCUT2D eigenvalue weighted by molar-refractivity contribution is 6.35. The number of nitrogens with one attached hydrogen (secondary N) is 2. The molecule has 1 aliphatic carbocycles. The number of halogens is 3. The number of aromatic amines is 1. The Hall–Kier alpha value is -3.27. The van der Waals surface area contributed by atoms with Crippen LogP contribution in [-0.4, -0.2) is 51.0 Å². The Bertz CT molecular complexity index is 1320. The van der Waals surface area contributed by atoms with Crippen LogP contribution in [0.25, 0.3) is 27.8 Å². The molecule has 0 saturated heterocycles. The lowest BCUT2D eigenvalue weighted by Crippen LogP contribution is -2.15. The second kappa shape index (κ2) is 6.63. The van der Waals surface area contributed by atoms with E-state index in [4.69, 9.17) is 11.6 Å². The SMILES string of the molecule is CN(C)c1c(F)c(Cl)c(-c2ccc3nc(NC(=O)C4CC4F)cn3n2)c2cn[nH]c12. The van der Waals surface area contributed by atoms with Crippen molar-refractivity contribution in [1.29, 1.82) is 0 Å². The number of benzene rings is 1. The Labute approximate surface area is 173 Å². The van der Waals surface area contributed by atoms with Gasteiger partial charge >= 0.3 is 0 Å². The molecule has 0 spiro atoms. The van der Waals surface area contributed by atoms with Gasteiger partial charge in [0.1, 0.15) is 11.9 Å². The predicted molar refractivity (Wildman–Crippen MR) is 109 cm³/mol. The maximum Gasteiger partial charge on any atom is 0.231 e. The third-order valence-corrected chi connectivity index (χ3v) is 5.44. The molecule has 5 rings (SSSR count). The van der Waals surface area contributed by atoms with Crippen molar-refractivity contribution < 1.29 is 13.6 Å². The smallest absolute Gasteiger partial charge is 0.231 e. The van der Waals surface area contributed by atoms with Crippen molar-refractivity contribution >= 4 is 45.6 Å². The summed E-state index contributed by atoms with van der Waals surface area (Å²) < 4.78 is 29.6. The number of H-pyrrole nitrogens is 1. The van der Waals surface area contributed by atoms with Gasteiger partial charge in [0.15, 0.2) is 17.3 Å². The quantitative estimate of drug-likeness (QED) is 0.516. The summed E-state index contributed by atoms with van der Waals surface area (Å²) in [5.41, 5.74) is 2.07. The number of carbonyl (C=O) groups excluding carboxylic acids is 1. The molecule has 1 aromatic carbocycles. The van der Waals surface area contributed by atoms with Gasteiger partial charge in [-0.05, 0) is 18.6 Å². The van der Waals surface area contributed by atoms with Gasteiger partial charge in [0.2, 0.25) is 5.91 Å². The molecule has 2 atom stereocenters. The van der Waals surface area contributed by atoms with Gasteiger partial charge in [-0.25, -0.2) is 18.3 Å². The van der Waals surface area contributed by atoms with Crippen molar-refractivity contribution in [1.82, 2.24) is 24.8 Å². The molecule has 2 N–H and O–H groups in total. The van der Waals surface area contributed by atoms with E-state index in [2.05, 4.69) is 25.6 Å². The zero-order valence-electron chi connectivity index (χ0n) is 15.9. The van der Waals surface area contributed by atoms with Gasteiger partial charge in [0.05, 0.1) is 34.5 Å². The number of imidazole rings is 1. The van der Waals surface area contributed by atoms with Gasteiger partial charge in [-0.2, -0.15) is 10.2 Å². The average molecular weight is 432 g/mol. The zero-order chi connectivity index (χ0) is 21.2. The summed E-state index contributed by atoms with van der Waals surface area (Å²) in [5.74, 6) is -1.35. The van der Waals surface area contributed by atoms with Gasteiger partial charge in [0, 0.05) is 25.0 Å². The van der Waals surface area contributed by atoms with Crippen LogP contribution in [0.4, 0.5) is 20.3 Å². The Morgan fingerprint density at radius 1 is 1.40 bits per heavy atom. The van der Waals surface area contributed by atoms with Crippen LogP contribution in [0.1, 0.15) is 6.42 Å². The zero-order valence-corrected chi connectivity index (χ0v) is 16.7. The van der Waals surface area contributed by atoms with E-state index in [0.29, 0.717) is 33.5 Å². The number of hydrogen-bond donors (Lipinski definition) is 2. The Balaban J connectivity index is 1.59. The highest BCUT2D eigenvalue weighted by atomic mass is 35.5. The summed E-state index contributed by atoms with van der Waals surface area (Å²) in [5, 5.41) is 14.5.